The topological polar surface area (TPSA) is 84.0 Å². The van der Waals surface area contributed by atoms with Crippen LogP contribution in [0.15, 0.2) is 24.5 Å². The minimum absolute atomic E-state index is 0.0708. The number of nitrogens with one attached hydrogen (secondary N) is 1. The van der Waals surface area contributed by atoms with Gasteiger partial charge in [-0.25, -0.2) is 0 Å². The van der Waals surface area contributed by atoms with Crippen LogP contribution in [0.4, 0.5) is 10.7 Å². The Morgan fingerprint density at radius 2 is 2.16 bits per heavy atom. The first-order chi connectivity index (χ1) is 9.17. The molecule has 0 fully saturated rings. The van der Waals surface area contributed by atoms with Gasteiger partial charge < -0.3 is 15.8 Å². The maximum atomic E-state index is 8.99. The fourth-order valence-electron chi connectivity index (χ4n) is 1.74. The van der Waals surface area contributed by atoms with Gasteiger partial charge >= 0.3 is 0 Å². The molecule has 0 aliphatic heterocycles. The fraction of sp³-hybridized carbons (Fsp3) is 0.231. The third-order valence-corrected chi connectivity index (χ3v) is 3.78. The summed E-state index contributed by atoms with van der Waals surface area (Å²) < 4.78 is 5.25. The lowest BCUT2D eigenvalue weighted by atomic mass is 10.1. The molecule has 2 rings (SSSR count). The summed E-state index contributed by atoms with van der Waals surface area (Å²) >= 11 is 1.30. The number of hydrogen-bond acceptors (Lipinski definition) is 6. The summed E-state index contributed by atoms with van der Waals surface area (Å²) in [6.45, 7) is 2.02. The van der Waals surface area contributed by atoms with Crippen molar-refractivity contribution in [2.75, 3.05) is 18.2 Å². The van der Waals surface area contributed by atoms with Crippen LogP contribution in [0, 0.1) is 11.3 Å². The van der Waals surface area contributed by atoms with Gasteiger partial charge in [-0.3, -0.25) is 4.98 Å². The second-order valence-corrected chi connectivity index (χ2v) is 4.99. The van der Waals surface area contributed by atoms with Gasteiger partial charge in [-0.15, -0.1) is 11.3 Å². The molecule has 6 heteroatoms. The number of aromatic nitrogens is 1. The molecule has 0 radical (unpaired) electrons. The van der Waals surface area contributed by atoms with Crippen LogP contribution in [0.5, 0.6) is 5.75 Å². The number of thiophene rings is 1. The lowest BCUT2D eigenvalue weighted by Gasteiger charge is -2.15. The van der Waals surface area contributed by atoms with E-state index in [-0.39, 0.29) is 6.04 Å². The first kappa shape index (κ1) is 13.2. The average Bonchev–Trinajstić information content (AvgIpc) is 2.75. The van der Waals surface area contributed by atoms with Crippen LogP contribution in [-0.4, -0.2) is 12.1 Å². The maximum absolute atomic E-state index is 8.99. The van der Waals surface area contributed by atoms with Crippen molar-refractivity contribution in [3.8, 4) is 11.8 Å². The van der Waals surface area contributed by atoms with Crippen LogP contribution in [0.2, 0.25) is 0 Å². The predicted molar refractivity (Wildman–Crippen MR) is 76.3 cm³/mol. The molecule has 0 saturated heterocycles. The first-order valence-corrected chi connectivity index (χ1v) is 6.51. The van der Waals surface area contributed by atoms with Crippen LogP contribution >= 0.6 is 11.3 Å². The molecule has 98 valence electrons. The van der Waals surface area contributed by atoms with Crippen molar-refractivity contribution in [3.63, 3.8) is 0 Å². The Hall–Kier alpha value is -2.26. The number of nitrogens with two attached hydrogens (primary N) is 1. The molecule has 5 nitrogen and oxygen atoms in total. The molecule has 1 unspecified atom stereocenters. The molecule has 0 amide bonds. The molecule has 1 atom stereocenters. The SMILES string of the molecule is COc1c(NC(C)c2ccncc2)sc(C#N)c1N. The second kappa shape index (κ2) is 5.59. The highest BCUT2D eigenvalue weighted by molar-refractivity contribution is 7.17. The van der Waals surface area contributed by atoms with Crippen molar-refractivity contribution in [3.05, 3.63) is 35.0 Å². The molecule has 0 spiro atoms. The van der Waals surface area contributed by atoms with Crippen molar-refractivity contribution in [2.24, 2.45) is 0 Å². The Bertz CT molecular complexity index is 603. The van der Waals surface area contributed by atoms with E-state index in [1.807, 2.05) is 19.1 Å². The normalized spacial score (nSPS) is 11.6. The number of ether oxygens (including phenoxy) is 1. The molecule has 0 aliphatic rings. The Balaban J connectivity index is 2.27. The van der Waals surface area contributed by atoms with E-state index < -0.39 is 0 Å². The molecule has 2 aromatic rings. The number of pyridine rings is 1. The highest BCUT2D eigenvalue weighted by Gasteiger charge is 2.18. The number of nitrogens with zero attached hydrogens (tertiary/aromatic N) is 2. The Kier molecular flexibility index (Phi) is 3.88. The van der Waals surface area contributed by atoms with Crippen LogP contribution in [0.1, 0.15) is 23.4 Å². The van der Waals surface area contributed by atoms with E-state index >= 15 is 0 Å². The van der Waals surface area contributed by atoms with Gasteiger partial charge in [-0.2, -0.15) is 5.26 Å². The maximum Gasteiger partial charge on any atom is 0.177 e. The summed E-state index contributed by atoms with van der Waals surface area (Å²) in [6.07, 6.45) is 3.49. The van der Waals surface area contributed by atoms with Gasteiger partial charge in [0, 0.05) is 18.4 Å². The molecule has 2 heterocycles. The number of hydrogen-bond donors (Lipinski definition) is 2. The summed E-state index contributed by atoms with van der Waals surface area (Å²) in [6, 6.07) is 6.01. The van der Waals surface area contributed by atoms with Gasteiger partial charge in [0.1, 0.15) is 21.6 Å². The summed E-state index contributed by atoms with van der Waals surface area (Å²) in [5, 5.41) is 13.1. The highest BCUT2D eigenvalue weighted by atomic mass is 32.1. The van der Waals surface area contributed by atoms with E-state index in [2.05, 4.69) is 16.4 Å². The zero-order valence-electron chi connectivity index (χ0n) is 10.7. The van der Waals surface area contributed by atoms with E-state index in [0.717, 1.165) is 10.6 Å². The number of anilines is 2. The minimum atomic E-state index is 0.0708. The molecule has 3 N–H and O–H groups in total. The lowest BCUT2D eigenvalue weighted by molar-refractivity contribution is 0.420. The van der Waals surface area contributed by atoms with Crippen molar-refractivity contribution >= 4 is 22.0 Å². The molecule has 0 aliphatic carbocycles. The third-order valence-electron chi connectivity index (χ3n) is 2.76. The van der Waals surface area contributed by atoms with Gasteiger partial charge in [0.25, 0.3) is 0 Å². The Morgan fingerprint density at radius 3 is 2.74 bits per heavy atom. The van der Waals surface area contributed by atoms with Crippen molar-refractivity contribution in [1.82, 2.24) is 4.98 Å². The zero-order valence-corrected chi connectivity index (χ0v) is 11.5. The summed E-state index contributed by atoms with van der Waals surface area (Å²) in [4.78, 5) is 4.45. The van der Waals surface area contributed by atoms with E-state index in [0.29, 0.717) is 16.3 Å². The third kappa shape index (κ3) is 2.61. The first-order valence-electron chi connectivity index (χ1n) is 5.70. The minimum Gasteiger partial charge on any atom is -0.492 e. The summed E-state index contributed by atoms with van der Waals surface area (Å²) in [5.41, 5.74) is 7.34. The largest absolute Gasteiger partial charge is 0.492 e. The predicted octanol–water partition coefficient (Wildman–Crippen LogP) is 2.78. The van der Waals surface area contributed by atoms with Crippen molar-refractivity contribution < 1.29 is 4.74 Å². The van der Waals surface area contributed by atoms with Crippen LogP contribution < -0.4 is 15.8 Å². The number of methoxy groups -OCH3 is 1. The Morgan fingerprint density at radius 1 is 1.47 bits per heavy atom. The van der Waals surface area contributed by atoms with E-state index in [1.165, 1.54) is 11.3 Å². The number of nitriles is 1. The standard InChI is InChI=1S/C13H14N4OS/c1-8(9-3-5-16-6-4-9)17-13-12(18-2)11(15)10(7-14)19-13/h3-6,8,17H,15H2,1-2H3. The van der Waals surface area contributed by atoms with E-state index in [9.17, 15) is 0 Å². The van der Waals surface area contributed by atoms with Crippen LogP contribution in [-0.2, 0) is 0 Å². The van der Waals surface area contributed by atoms with Crippen molar-refractivity contribution in [1.29, 1.82) is 5.26 Å². The second-order valence-electron chi connectivity index (χ2n) is 3.97. The van der Waals surface area contributed by atoms with Gasteiger partial charge in [-0.05, 0) is 24.6 Å². The molecule has 19 heavy (non-hydrogen) atoms. The number of rotatable bonds is 4. The number of nitrogen functional groups attached to an aromatic ring is 1. The van der Waals surface area contributed by atoms with E-state index in [4.69, 9.17) is 15.7 Å². The molecule has 0 aromatic carbocycles. The Labute approximate surface area is 115 Å². The van der Waals surface area contributed by atoms with E-state index in [1.54, 1.807) is 19.5 Å². The smallest absolute Gasteiger partial charge is 0.177 e. The highest BCUT2D eigenvalue weighted by Crippen LogP contribution is 2.43. The lowest BCUT2D eigenvalue weighted by Crippen LogP contribution is -2.06. The molecule has 0 bridgehead atoms. The average molecular weight is 274 g/mol. The zero-order chi connectivity index (χ0) is 13.8. The van der Waals surface area contributed by atoms with Crippen LogP contribution in [0.3, 0.4) is 0 Å². The van der Waals surface area contributed by atoms with Gasteiger partial charge in [0.05, 0.1) is 7.11 Å². The molecular weight excluding hydrogens is 260 g/mol. The molecular formula is C13H14N4OS. The van der Waals surface area contributed by atoms with Gasteiger partial charge in [0.2, 0.25) is 0 Å². The fourth-order valence-corrected chi connectivity index (χ4v) is 2.72. The van der Waals surface area contributed by atoms with Gasteiger partial charge in [-0.1, -0.05) is 0 Å². The van der Waals surface area contributed by atoms with Crippen molar-refractivity contribution in [2.45, 2.75) is 13.0 Å². The molecule has 2 aromatic heterocycles. The summed E-state index contributed by atoms with van der Waals surface area (Å²) in [5.74, 6) is 0.530. The summed E-state index contributed by atoms with van der Waals surface area (Å²) in [7, 11) is 1.54. The monoisotopic (exact) mass is 274 g/mol. The van der Waals surface area contributed by atoms with Gasteiger partial charge in [0.15, 0.2) is 5.75 Å². The molecule has 0 saturated carbocycles. The van der Waals surface area contributed by atoms with Crippen LogP contribution in [0.25, 0.3) is 0 Å². The quantitative estimate of drug-likeness (QED) is 0.895.